The second kappa shape index (κ2) is 4.22. The van der Waals surface area contributed by atoms with Crippen LogP contribution in [0.3, 0.4) is 0 Å². The number of ether oxygens (including phenoxy) is 2. The lowest BCUT2D eigenvalue weighted by Gasteiger charge is -2.46. The first-order valence-corrected chi connectivity index (χ1v) is 5.48. The molecular weight excluding hydrogens is 196 g/mol. The van der Waals surface area contributed by atoms with Crippen LogP contribution >= 0.6 is 0 Å². The van der Waals surface area contributed by atoms with Crippen molar-refractivity contribution in [3.63, 3.8) is 0 Å². The number of fused-ring (bicyclic) bond motifs is 2. The molecule has 2 saturated heterocycles. The van der Waals surface area contributed by atoms with Gasteiger partial charge in [0.15, 0.2) is 0 Å². The van der Waals surface area contributed by atoms with E-state index < -0.39 is 5.97 Å². The molecule has 0 unspecified atom stereocenters. The lowest BCUT2D eigenvalue weighted by atomic mass is 10.0. The third-order valence-corrected chi connectivity index (χ3v) is 2.71. The zero-order valence-corrected chi connectivity index (χ0v) is 9.32. The fraction of sp³-hybridized carbons (Fsp3) is 0.818. The fourth-order valence-corrected chi connectivity index (χ4v) is 1.98. The molecule has 0 aromatic carbocycles. The normalized spacial score (nSPS) is 40.1. The van der Waals surface area contributed by atoms with Crippen LogP contribution in [-0.4, -0.2) is 24.8 Å². The zero-order valence-electron chi connectivity index (χ0n) is 9.32. The summed E-state index contributed by atoms with van der Waals surface area (Å²) in [5.41, 5.74) is 0.923. The van der Waals surface area contributed by atoms with Crippen molar-refractivity contribution < 1.29 is 19.2 Å². The van der Waals surface area contributed by atoms with E-state index in [0.29, 0.717) is 13.0 Å². The molecule has 0 aromatic rings. The minimum absolute atomic E-state index is 0.0107. The molecule has 0 N–H and O–H groups in total. The van der Waals surface area contributed by atoms with Gasteiger partial charge in [0.25, 0.3) is 0 Å². The molecule has 4 heteroatoms. The van der Waals surface area contributed by atoms with Gasteiger partial charge in [0.1, 0.15) is 6.10 Å². The number of rotatable bonds is 3. The smallest absolute Gasteiger partial charge is 0.312 e. The van der Waals surface area contributed by atoms with E-state index in [1.807, 2.05) is 6.92 Å². The Bertz CT molecular complexity index is 249. The maximum absolute atomic E-state index is 5.79. The van der Waals surface area contributed by atoms with Gasteiger partial charge >= 0.3 is 5.97 Å². The van der Waals surface area contributed by atoms with Gasteiger partial charge in [0.05, 0.1) is 12.7 Å². The Kier molecular flexibility index (Phi) is 3.11. The molecule has 0 amide bonds. The Morgan fingerprint density at radius 2 is 2.33 bits per heavy atom. The van der Waals surface area contributed by atoms with Crippen LogP contribution in [0.4, 0.5) is 0 Å². The summed E-state index contributed by atoms with van der Waals surface area (Å²) in [6.07, 6.45) is 2.28. The largest absolute Gasteiger partial charge is 0.326 e. The van der Waals surface area contributed by atoms with Crippen LogP contribution in [0.2, 0.25) is 0 Å². The third-order valence-electron chi connectivity index (χ3n) is 2.71. The summed E-state index contributed by atoms with van der Waals surface area (Å²) in [5, 5.41) is 0. The lowest BCUT2D eigenvalue weighted by Crippen LogP contribution is -2.56. The van der Waals surface area contributed by atoms with Crippen molar-refractivity contribution >= 4 is 0 Å². The summed E-state index contributed by atoms with van der Waals surface area (Å²) in [4.78, 5) is 10.6. The molecule has 2 heterocycles. The molecule has 0 radical (unpaired) electrons. The van der Waals surface area contributed by atoms with Crippen LogP contribution in [0.5, 0.6) is 0 Å². The van der Waals surface area contributed by atoms with Gasteiger partial charge in [-0.25, -0.2) is 4.89 Å². The van der Waals surface area contributed by atoms with Crippen LogP contribution in [0.1, 0.15) is 33.1 Å². The Labute approximate surface area is 90.1 Å². The van der Waals surface area contributed by atoms with E-state index in [0.717, 1.165) is 18.4 Å². The standard InChI is InChI=1S/C11H18O4/c1-4-6-11-12-7-5-9(13-11)10(8(2)3)14-15-11/h9-10H,2,4-7H2,1,3H3/t9-,10-,11+/m1/s1. The van der Waals surface area contributed by atoms with E-state index >= 15 is 0 Å². The summed E-state index contributed by atoms with van der Waals surface area (Å²) < 4.78 is 11.3. The van der Waals surface area contributed by atoms with Crippen LogP contribution in [0.15, 0.2) is 12.2 Å². The molecule has 3 atom stereocenters. The average Bonchev–Trinajstić information content (AvgIpc) is 2.17. The van der Waals surface area contributed by atoms with Crippen LogP contribution < -0.4 is 0 Å². The second-order valence-corrected chi connectivity index (χ2v) is 4.17. The molecular formula is C11H18O4. The molecule has 2 rings (SSSR count). The van der Waals surface area contributed by atoms with Crippen LogP contribution in [0, 0.1) is 0 Å². The molecule has 2 aliphatic rings. The molecule has 86 valence electrons. The SMILES string of the molecule is C=C(C)[C@H]1OO[C@@]2(CCC)OCC[C@H]1O2. The van der Waals surface area contributed by atoms with Gasteiger partial charge in [-0.05, 0) is 18.9 Å². The van der Waals surface area contributed by atoms with Gasteiger partial charge in [0.2, 0.25) is 0 Å². The van der Waals surface area contributed by atoms with E-state index in [4.69, 9.17) is 19.2 Å². The molecule has 2 bridgehead atoms. The summed E-state index contributed by atoms with van der Waals surface area (Å²) >= 11 is 0. The van der Waals surface area contributed by atoms with Gasteiger partial charge < -0.3 is 9.47 Å². The number of hydrogen-bond acceptors (Lipinski definition) is 4. The van der Waals surface area contributed by atoms with Crippen LogP contribution in [-0.2, 0) is 19.2 Å². The van der Waals surface area contributed by atoms with Gasteiger partial charge in [-0.15, -0.1) is 0 Å². The van der Waals surface area contributed by atoms with Crippen molar-refractivity contribution in [1.82, 2.24) is 0 Å². The monoisotopic (exact) mass is 214 g/mol. The molecule has 0 aromatic heterocycles. The Morgan fingerprint density at radius 3 is 3.00 bits per heavy atom. The molecule has 15 heavy (non-hydrogen) atoms. The average molecular weight is 214 g/mol. The van der Waals surface area contributed by atoms with E-state index in [1.165, 1.54) is 0 Å². The Morgan fingerprint density at radius 1 is 1.53 bits per heavy atom. The highest BCUT2D eigenvalue weighted by Gasteiger charge is 2.48. The quantitative estimate of drug-likeness (QED) is 0.533. The van der Waals surface area contributed by atoms with Crippen molar-refractivity contribution in [1.29, 1.82) is 0 Å². The highest BCUT2D eigenvalue weighted by Crippen LogP contribution is 2.37. The molecule has 0 aliphatic carbocycles. The first-order valence-electron chi connectivity index (χ1n) is 5.48. The van der Waals surface area contributed by atoms with Crippen LogP contribution in [0.25, 0.3) is 0 Å². The maximum atomic E-state index is 5.79. The topological polar surface area (TPSA) is 36.9 Å². The van der Waals surface area contributed by atoms with E-state index in [9.17, 15) is 0 Å². The summed E-state index contributed by atoms with van der Waals surface area (Å²) in [6, 6.07) is 0. The summed E-state index contributed by atoms with van der Waals surface area (Å²) in [7, 11) is 0. The fourth-order valence-electron chi connectivity index (χ4n) is 1.98. The van der Waals surface area contributed by atoms with E-state index in [2.05, 4.69) is 13.5 Å². The van der Waals surface area contributed by atoms with Crippen molar-refractivity contribution in [3.05, 3.63) is 12.2 Å². The Hall–Kier alpha value is -0.420. The van der Waals surface area contributed by atoms with Crippen molar-refractivity contribution in [3.8, 4) is 0 Å². The lowest BCUT2D eigenvalue weighted by molar-refractivity contribution is -0.576. The van der Waals surface area contributed by atoms with Gasteiger partial charge in [-0.2, -0.15) is 4.89 Å². The Balaban J connectivity index is 2.07. The zero-order chi connectivity index (χ0) is 10.9. The highest BCUT2D eigenvalue weighted by atomic mass is 17.3. The van der Waals surface area contributed by atoms with Crippen molar-refractivity contribution in [2.45, 2.75) is 51.3 Å². The van der Waals surface area contributed by atoms with Gasteiger partial charge in [-0.1, -0.05) is 13.5 Å². The van der Waals surface area contributed by atoms with E-state index in [-0.39, 0.29) is 12.2 Å². The van der Waals surface area contributed by atoms with Crippen molar-refractivity contribution in [2.24, 2.45) is 0 Å². The molecule has 0 spiro atoms. The molecule has 2 fully saturated rings. The third kappa shape index (κ3) is 2.08. The molecule has 4 nitrogen and oxygen atoms in total. The first kappa shape index (κ1) is 11.1. The maximum Gasteiger partial charge on any atom is 0.312 e. The molecule has 2 aliphatic heterocycles. The summed E-state index contributed by atoms with van der Waals surface area (Å²) in [5.74, 6) is -0.969. The van der Waals surface area contributed by atoms with Gasteiger partial charge in [-0.3, -0.25) is 0 Å². The minimum atomic E-state index is -0.969. The van der Waals surface area contributed by atoms with E-state index in [1.54, 1.807) is 0 Å². The minimum Gasteiger partial charge on any atom is -0.326 e. The second-order valence-electron chi connectivity index (χ2n) is 4.17. The van der Waals surface area contributed by atoms with Crippen molar-refractivity contribution in [2.75, 3.05) is 6.61 Å². The number of hydrogen-bond donors (Lipinski definition) is 0. The first-order chi connectivity index (χ1) is 7.17. The predicted molar refractivity (Wildman–Crippen MR) is 53.9 cm³/mol. The highest BCUT2D eigenvalue weighted by molar-refractivity contribution is 5.03. The summed E-state index contributed by atoms with van der Waals surface area (Å²) in [6.45, 7) is 8.49. The molecule has 0 saturated carbocycles. The van der Waals surface area contributed by atoms with Gasteiger partial charge in [0, 0.05) is 12.8 Å². The predicted octanol–water partition coefficient (Wildman–Crippen LogP) is 2.15.